The van der Waals surface area contributed by atoms with Gasteiger partial charge in [-0.3, -0.25) is 4.79 Å². The Morgan fingerprint density at radius 2 is 2.07 bits per heavy atom. The van der Waals surface area contributed by atoms with Crippen LogP contribution in [-0.4, -0.2) is 29.9 Å². The summed E-state index contributed by atoms with van der Waals surface area (Å²) in [5, 5.41) is 0. The number of benzene rings is 1. The molecule has 1 aliphatic heterocycles. The zero-order valence-electron chi connectivity index (χ0n) is 8.73. The molecule has 0 saturated carbocycles. The van der Waals surface area contributed by atoms with Gasteiger partial charge in [0.25, 0.3) is 0 Å². The van der Waals surface area contributed by atoms with Crippen LogP contribution >= 0.6 is 0 Å². The highest BCUT2D eigenvalue weighted by Crippen LogP contribution is 2.10. The van der Waals surface area contributed by atoms with Crippen LogP contribution in [0.3, 0.4) is 0 Å². The molecule has 15 heavy (non-hydrogen) atoms. The van der Waals surface area contributed by atoms with Crippen molar-refractivity contribution in [2.24, 2.45) is 5.73 Å². The van der Waals surface area contributed by atoms with E-state index in [1.54, 1.807) is 0 Å². The highest BCUT2D eigenvalue weighted by Gasteiger charge is 2.27. The number of hydrogen-bond donors (Lipinski definition) is 1. The van der Waals surface area contributed by atoms with Gasteiger partial charge in [0.05, 0.1) is 6.04 Å². The van der Waals surface area contributed by atoms with Crippen LogP contribution in [0.25, 0.3) is 0 Å². The van der Waals surface area contributed by atoms with Crippen molar-refractivity contribution >= 4 is 5.91 Å². The number of carbonyl (C=O) groups excluding carboxylic acids is 1. The van der Waals surface area contributed by atoms with E-state index in [0.29, 0.717) is 0 Å². The first-order valence-corrected chi connectivity index (χ1v) is 5.35. The Labute approximate surface area is 89.9 Å². The van der Waals surface area contributed by atoms with E-state index in [4.69, 9.17) is 5.73 Å². The van der Waals surface area contributed by atoms with E-state index < -0.39 is 0 Å². The molecule has 3 nitrogen and oxygen atoms in total. The van der Waals surface area contributed by atoms with Gasteiger partial charge in [0, 0.05) is 13.1 Å². The van der Waals surface area contributed by atoms with E-state index in [0.717, 1.165) is 25.9 Å². The first-order chi connectivity index (χ1) is 7.27. The minimum absolute atomic E-state index is 0.103. The number of carbonyl (C=O) groups is 1. The fraction of sp³-hybridized carbons (Fsp3) is 0.417. The van der Waals surface area contributed by atoms with Crippen molar-refractivity contribution in [3.8, 4) is 0 Å². The summed E-state index contributed by atoms with van der Waals surface area (Å²) in [6, 6.07) is 9.95. The Morgan fingerprint density at radius 3 is 2.67 bits per heavy atom. The third-order valence-corrected chi connectivity index (χ3v) is 2.85. The van der Waals surface area contributed by atoms with Crippen LogP contribution in [0.5, 0.6) is 0 Å². The summed E-state index contributed by atoms with van der Waals surface area (Å²) in [5.74, 6) is 0.103. The van der Waals surface area contributed by atoms with Gasteiger partial charge in [-0.15, -0.1) is 0 Å². The highest BCUT2D eigenvalue weighted by atomic mass is 16.2. The summed E-state index contributed by atoms with van der Waals surface area (Å²) in [6.45, 7) is 1.60. The van der Waals surface area contributed by atoms with E-state index in [1.165, 1.54) is 5.56 Å². The van der Waals surface area contributed by atoms with E-state index >= 15 is 0 Å². The second-order valence-corrected chi connectivity index (χ2v) is 3.96. The third-order valence-electron chi connectivity index (χ3n) is 2.85. The molecular formula is C12H16N2O. The fourth-order valence-corrected chi connectivity index (χ4v) is 1.89. The maximum atomic E-state index is 11.5. The minimum Gasteiger partial charge on any atom is -0.341 e. The first kappa shape index (κ1) is 10.2. The van der Waals surface area contributed by atoms with Crippen LogP contribution in [0.1, 0.15) is 12.0 Å². The average Bonchev–Trinajstić information content (AvgIpc) is 2.59. The number of nitrogens with zero attached hydrogens (tertiary/aromatic N) is 1. The van der Waals surface area contributed by atoms with Crippen LogP contribution < -0.4 is 5.73 Å². The van der Waals surface area contributed by atoms with Crippen LogP contribution in [0.4, 0.5) is 0 Å². The molecule has 1 aromatic carbocycles. The van der Waals surface area contributed by atoms with Crippen molar-refractivity contribution in [1.82, 2.24) is 4.90 Å². The van der Waals surface area contributed by atoms with Gasteiger partial charge in [-0.2, -0.15) is 0 Å². The standard InChI is InChI=1S/C12H16N2O/c13-11-7-9-14(12(11)15)8-6-10-4-2-1-3-5-10/h1-5,11H,6-9,13H2/t11-/m0/s1. The SMILES string of the molecule is N[C@H]1CCN(CCc2ccccc2)C1=O. The van der Waals surface area contributed by atoms with E-state index in [-0.39, 0.29) is 11.9 Å². The topological polar surface area (TPSA) is 46.3 Å². The summed E-state index contributed by atoms with van der Waals surface area (Å²) in [7, 11) is 0. The Morgan fingerprint density at radius 1 is 1.33 bits per heavy atom. The lowest BCUT2D eigenvalue weighted by Crippen LogP contribution is -2.35. The summed E-state index contributed by atoms with van der Waals surface area (Å²) in [6.07, 6.45) is 1.72. The molecule has 0 unspecified atom stereocenters. The molecule has 0 bridgehead atoms. The van der Waals surface area contributed by atoms with E-state index in [9.17, 15) is 4.79 Å². The molecule has 2 N–H and O–H groups in total. The number of nitrogens with two attached hydrogens (primary N) is 1. The molecule has 80 valence electrons. The van der Waals surface area contributed by atoms with E-state index in [2.05, 4.69) is 12.1 Å². The Hall–Kier alpha value is -1.35. The van der Waals surface area contributed by atoms with E-state index in [1.807, 2.05) is 23.1 Å². The van der Waals surface area contributed by atoms with Gasteiger partial charge in [0.2, 0.25) is 5.91 Å². The van der Waals surface area contributed by atoms with Crippen molar-refractivity contribution in [2.45, 2.75) is 18.9 Å². The quantitative estimate of drug-likeness (QED) is 0.791. The van der Waals surface area contributed by atoms with Gasteiger partial charge < -0.3 is 10.6 Å². The second kappa shape index (κ2) is 4.45. The smallest absolute Gasteiger partial charge is 0.239 e. The minimum atomic E-state index is -0.263. The Balaban J connectivity index is 1.87. The Kier molecular flexibility index (Phi) is 3.02. The van der Waals surface area contributed by atoms with Gasteiger partial charge in [-0.1, -0.05) is 30.3 Å². The van der Waals surface area contributed by atoms with Crippen molar-refractivity contribution in [3.63, 3.8) is 0 Å². The van der Waals surface area contributed by atoms with Crippen LogP contribution in [0.2, 0.25) is 0 Å². The average molecular weight is 204 g/mol. The number of hydrogen-bond acceptors (Lipinski definition) is 2. The van der Waals surface area contributed by atoms with Crippen LogP contribution in [-0.2, 0) is 11.2 Å². The maximum absolute atomic E-state index is 11.5. The van der Waals surface area contributed by atoms with Crippen molar-refractivity contribution in [3.05, 3.63) is 35.9 Å². The number of amides is 1. The molecule has 2 rings (SSSR count). The second-order valence-electron chi connectivity index (χ2n) is 3.96. The third kappa shape index (κ3) is 2.36. The fourth-order valence-electron chi connectivity index (χ4n) is 1.89. The zero-order chi connectivity index (χ0) is 10.7. The first-order valence-electron chi connectivity index (χ1n) is 5.35. The molecule has 0 aliphatic carbocycles. The molecule has 1 heterocycles. The molecule has 1 saturated heterocycles. The lowest BCUT2D eigenvalue weighted by molar-refractivity contribution is -0.128. The lowest BCUT2D eigenvalue weighted by Gasteiger charge is -2.15. The molecule has 1 atom stereocenters. The summed E-state index contributed by atoms with van der Waals surface area (Å²) >= 11 is 0. The normalized spacial score (nSPS) is 21.0. The van der Waals surface area contributed by atoms with Gasteiger partial charge in [0.1, 0.15) is 0 Å². The van der Waals surface area contributed by atoms with Gasteiger partial charge in [-0.25, -0.2) is 0 Å². The molecule has 0 radical (unpaired) electrons. The lowest BCUT2D eigenvalue weighted by atomic mass is 10.1. The monoisotopic (exact) mass is 204 g/mol. The predicted molar refractivity (Wildman–Crippen MR) is 59.3 cm³/mol. The summed E-state index contributed by atoms with van der Waals surface area (Å²) < 4.78 is 0. The molecule has 1 aromatic rings. The van der Waals surface area contributed by atoms with Crippen molar-refractivity contribution < 1.29 is 4.79 Å². The number of likely N-dealkylation sites (tertiary alicyclic amines) is 1. The maximum Gasteiger partial charge on any atom is 0.239 e. The Bertz CT molecular complexity index is 337. The van der Waals surface area contributed by atoms with Crippen molar-refractivity contribution in [1.29, 1.82) is 0 Å². The largest absolute Gasteiger partial charge is 0.341 e. The van der Waals surface area contributed by atoms with Gasteiger partial charge in [0.15, 0.2) is 0 Å². The predicted octanol–water partition coefficient (Wildman–Crippen LogP) is 0.789. The molecular weight excluding hydrogens is 188 g/mol. The summed E-state index contributed by atoms with van der Waals surface area (Å²) in [5.41, 5.74) is 6.92. The highest BCUT2D eigenvalue weighted by molar-refractivity contribution is 5.83. The molecule has 1 aliphatic rings. The van der Waals surface area contributed by atoms with Crippen LogP contribution in [0, 0.1) is 0 Å². The zero-order valence-corrected chi connectivity index (χ0v) is 8.73. The molecule has 1 fully saturated rings. The number of rotatable bonds is 3. The summed E-state index contributed by atoms with van der Waals surface area (Å²) in [4.78, 5) is 13.4. The van der Waals surface area contributed by atoms with Gasteiger partial charge in [-0.05, 0) is 18.4 Å². The van der Waals surface area contributed by atoms with Gasteiger partial charge >= 0.3 is 0 Å². The van der Waals surface area contributed by atoms with Crippen molar-refractivity contribution in [2.75, 3.05) is 13.1 Å². The molecule has 3 heteroatoms. The molecule has 1 amide bonds. The van der Waals surface area contributed by atoms with Crippen LogP contribution in [0.15, 0.2) is 30.3 Å². The molecule has 0 spiro atoms. The molecule has 0 aromatic heterocycles.